The van der Waals surface area contributed by atoms with Crippen LogP contribution < -0.4 is 0 Å². The number of benzene rings is 1. The lowest BCUT2D eigenvalue weighted by molar-refractivity contribution is -0.141. The number of rotatable bonds is 1. The highest BCUT2D eigenvalue weighted by atomic mass is 16.6. The number of aromatic hydroxyl groups is 2. The number of phenolic OH excluding ortho intramolecular Hbond substituents is 2. The Morgan fingerprint density at radius 1 is 1.40 bits per heavy atom. The molecule has 0 radical (unpaired) electrons. The number of hydrogen-bond donors (Lipinski definition) is 2. The van der Waals surface area contributed by atoms with Gasteiger partial charge in [0.05, 0.1) is 6.42 Å². The van der Waals surface area contributed by atoms with Crippen LogP contribution in [0.1, 0.15) is 25.0 Å². The van der Waals surface area contributed by atoms with Crippen LogP contribution in [0, 0.1) is 5.92 Å². The number of hydrogen-bond acceptors (Lipinski definition) is 4. The maximum atomic E-state index is 11.1. The average Bonchev–Trinajstić information content (AvgIpc) is 2.50. The summed E-state index contributed by atoms with van der Waals surface area (Å²) in [7, 11) is 0. The summed E-state index contributed by atoms with van der Waals surface area (Å²) in [4.78, 5) is 11.1. The van der Waals surface area contributed by atoms with Crippen LogP contribution in [-0.2, 0) is 9.53 Å². The number of carbonyl (C=O) groups excluding carboxylic acids is 1. The van der Waals surface area contributed by atoms with Crippen molar-refractivity contribution < 1.29 is 19.7 Å². The zero-order valence-electron chi connectivity index (χ0n) is 8.30. The molecule has 1 heterocycles. The molecule has 4 heteroatoms. The van der Waals surface area contributed by atoms with E-state index in [1.165, 1.54) is 6.07 Å². The van der Waals surface area contributed by atoms with Crippen molar-refractivity contribution in [2.75, 3.05) is 0 Å². The van der Waals surface area contributed by atoms with Crippen LogP contribution in [0.15, 0.2) is 18.2 Å². The first-order valence-electron chi connectivity index (χ1n) is 4.80. The monoisotopic (exact) mass is 208 g/mol. The Balaban J connectivity index is 2.37. The SMILES string of the molecule is CC1CC(=O)OC1c1cccc(O)c1O. The molecule has 1 saturated heterocycles. The second-order valence-corrected chi connectivity index (χ2v) is 3.81. The number of ether oxygens (including phenoxy) is 1. The lowest BCUT2D eigenvalue weighted by Gasteiger charge is -2.15. The Morgan fingerprint density at radius 3 is 2.73 bits per heavy atom. The minimum atomic E-state index is -0.454. The molecule has 1 aliphatic rings. The first-order valence-corrected chi connectivity index (χ1v) is 4.80. The second-order valence-electron chi connectivity index (χ2n) is 3.81. The Morgan fingerprint density at radius 2 is 2.13 bits per heavy atom. The highest BCUT2D eigenvalue weighted by Gasteiger charge is 2.34. The zero-order chi connectivity index (χ0) is 11.0. The predicted octanol–water partition coefficient (Wildman–Crippen LogP) is 1.72. The van der Waals surface area contributed by atoms with Gasteiger partial charge in [-0.1, -0.05) is 19.1 Å². The van der Waals surface area contributed by atoms with Crippen LogP contribution in [0.25, 0.3) is 0 Å². The Labute approximate surface area is 87.1 Å². The van der Waals surface area contributed by atoms with Gasteiger partial charge in [-0.05, 0) is 6.07 Å². The quantitative estimate of drug-likeness (QED) is 0.544. The summed E-state index contributed by atoms with van der Waals surface area (Å²) < 4.78 is 5.09. The lowest BCUT2D eigenvalue weighted by Crippen LogP contribution is -2.04. The van der Waals surface area contributed by atoms with Gasteiger partial charge in [-0.2, -0.15) is 0 Å². The highest BCUT2D eigenvalue weighted by molar-refractivity contribution is 5.72. The molecule has 0 bridgehead atoms. The largest absolute Gasteiger partial charge is 0.504 e. The van der Waals surface area contributed by atoms with Crippen LogP contribution in [0.2, 0.25) is 0 Å². The topological polar surface area (TPSA) is 66.8 Å². The standard InChI is InChI=1S/C11H12O4/c1-6-5-9(13)15-11(6)7-3-2-4-8(12)10(7)14/h2-4,6,11-12,14H,5H2,1H3. The molecule has 0 saturated carbocycles. The van der Waals surface area contributed by atoms with Crippen molar-refractivity contribution in [1.82, 2.24) is 0 Å². The third-order valence-electron chi connectivity index (χ3n) is 2.62. The Hall–Kier alpha value is -1.71. The molecule has 0 aliphatic carbocycles. The molecule has 1 fully saturated rings. The normalized spacial score (nSPS) is 25.3. The molecular formula is C11H12O4. The molecule has 0 amide bonds. The third-order valence-corrected chi connectivity index (χ3v) is 2.62. The van der Waals surface area contributed by atoms with Gasteiger partial charge in [0.1, 0.15) is 6.10 Å². The van der Waals surface area contributed by atoms with Gasteiger partial charge in [0.2, 0.25) is 0 Å². The predicted molar refractivity (Wildman–Crippen MR) is 52.4 cm³/mol. The van der Waals surface area contributed by atoms with Gasteiger partial charge in [-0.25, -0.2) is 0 Å². The van der Waals surface area contributed by atoms with Crippen LogP contribution in [0.4, 0.5) is 0 Å². The number of cyclic esters (lactones) is 1. The van der Waals surface area contributed by atoms with Gasteiger partial charge < -0.3 is 14.9 Å². The number of phenols is 2. The molecule has 4 nitrogen and oxygen atoms in total. The van der Waals surface area contributed by atoms with E-state index in [-0.39, 0.29) is 23.4 Å². The summed E-state index contributed by atoms with van der Waals surface area (Å²) in [5.74, 6) is -0.646. The van der Waals surface area contributed by atoms with E-state index in [0.717, 1.165) is 0 Å². The maximum absolute atomic E-state index is 11.1. The van der Waals surface area contributed by atoms with Crippen LogP contribution in [0.3, 0.4) is 0 Å². The van der Waals surface area contributed by atoms with Crippen LogP contribution in [-0.4, -0.2) is 16.2 Å². The summed E-state index contributed by atoms with van der Waals surface area (Å²) in [6.07, 6.45) is -0.107. The Kier molecular flexibility index (Phi) is 2.26. The molecule has 2 N–H and O–H groups in total. The number of esters is 1. The summed E-state index contributed by atoms with van der Waals surface area (Å²) in [6, 6.07) is 4.65. The van der Waals surface area contributed by atoms with Crippen molar-refractivity contribution in [2.45, 2.75) is 19.4 Å². The van der Waals surface area contributed by atoms with E-state index in [0.29, 0.717) is 12.0 Å². The van der Waals surface area contributed by atoms with E-state index < -0.39 is 6.10 Å². The van der Waals surface area contributed by atoms with E-state index in [2.05, 4.69) is 0 Å². The van der Waals surface area contributed by atoms with Gasteiger partial charge in [-0.3, -0.25) is 4.79 Å². The average molecular weight is 208 g/mol. The first-order chi connectivity index (χ1) is 7.09. The fourth-order valence-electron chi connectivity index (χ4n) is 1.82. The van der Waals surface area contributed by atoms with E-state index in [9.17, 15) is 15.0 Å². The minimum Gasteiger partial charge on any atom is -0.504 e. The van der Waals surface area contributed by atoms with Crippen molar-refractivity contribution in [2.24, 2.45) is 5.92 Å². The maximum Gasteiger partial charge on any atom is 0.306 e. The van der Waals surface area contributed by atoms with Crippen molar-refractivity contribution in [3.63, 3.8) is 0 Å². The van der Waals surface area contributed by atoms with E-state index in [1.807, 2.05) is 6.92 Å². The van der Waals surface area contributed by atoms with Crippen molar-refractivity contribution in [3.05, 3.63) is 23.8 Å². The van der Waals surface area contributed by atoms with Crippen molar-refractivity contribution in [1.29, 1.82) is 0 Å². The van der Waals surface area contributed by atoms with Crippen molar-refractivity contribution >= 4 is 5.97 Å². The highest BCUT2D eigenvalue weighted by Crippen LogP contribution is 2.41. The van der Waals surface area contributed by atoms with Gasteiger partial charge in [0, 0.05) is 11.5 Å². The third kappa shape index (κ3) is 1.63. The smallest absolute Gasteiger partial charge is 0.306 e. The molecular weight excluding hydrogens is 196 g/mol. The minimum absolute atomic E-state index is 0.0187. The molecule has 2 unspecified atom stereocenters. The molecule has 2 atom stereocenters. The van der Waals surface area contributed by atoms with Crippen LogP contribution in [0.5, 0.6) is 11.5 Å². The molecule has 15 heavy (non-hydrogen) atoms. The lowest BCUT2D eigenvalue weighted by atomic mass is 9.96. The second kappa shape index (κ2) is 3.46. The molecule has 2 rings (SSSR count). The fourth-order valence-corrected chi connectivity index (χ4v) is 1.82. The van der Waals surface area contributed by atoms with Crippen molar-refractivity contribution in [3.8, 4) is 11.5 Å². The van der Waals surface area contributed by atoms with Gasteiger partial charge in [0.15, 0.2) is 11.5 Å². The molecule has 80 valence electrons. The Bertz CT molecular complexity index is 400. The van der Waals surface area contributed by atoms with E-state index >= 15 is 0 Å². The van der Waals surface area contributed by atoms with E-state index in [4.69, 9.17) is 4.74 Å². The summed E-state index contributed by atoms with van der Waals surface area (Å²) >= 11 is 0. The molecule has 1 aliphatic heterocycles. The number of para-hydroxylation sites is 1. The van der Waals surface area contributed by atoms with Gasteiger partial charge in [-0.15, -0.1) is 0 Å². The number of carbonyl (C=O) groups is 1. The first kappa shape index (κ1) is 9.83. The van der Waals surface area contributed by atoms with Gasteiger partial charge >= 0.3 is 5.97 Å². The van der Waals surface area contributed by atoms with Crippen LogP contribution >= 0.6 is 0 Å². The van der Waals surface area contributed by atoms with E-state index in [1.54, 1.807) is 12.1 Å². The summed E-state index contributed by atoms with van der Waals surface area (Å²) in [6.45, 7) is 1.87. The molecule has 1 aromatic rings. The summed E-state index contributed by atoms with van der Waals surface area (Å²) in [5, 5.41) is 18.9. The molecule has 0 aromatic heterocycles. The fraction of sp³-hybridized carbons (Fsp3) is 0.364. The summed E-state index contributed by atoms with van der Waals surface area (Å²) in [5.41, 5.74) is 0.466. The van der Waals surface area contributed by atoms with Gasteiger partial charge in [0.25, 0.3) is 0 Å². The molecule has 0 spiro atoms. The zero-order valence-corrected chi connectivity index (χ0v) is 8.30. The molecule has 1 aromatic carbocycles.